The third-order valence-corrected chi connectivity index (χ3v) is 5.34. The molecule has 2 aliphatic rings. The molecule has 2 unspecified atom stereocenters. The molecular weight excluding hydrogens is 304 g/mol. The summed E-state index contributed by atoms with van der Waals surface area (Å²) in [5.41, 5.74) is 0.783. The van der Waals surface area contributed by atoms with Gasteiger partial charge in [0.1, 0.15) is 6.54 Å². The molecule has 2 atom stereocenters. The molecule has 2 fully saturated rings. The van der Waals surface area contributed by atoms with Crippen LogP contribution in [-0.4, -0.2) is 47.6 Å². The number of hydrogen-bond donors (Lipinski definition) is 1. The second-order valence-corrected chi connectivity index (χ2v) is 6.93. The molecule has 24 heavy (non-hydrogen) atoms. The average molecular weight is 330 g/mol. The van der Waals surface area contributed by atoms with Crippen LogP contribution in [0.15, 0.2) is 30.3 Å². The first-order chi connectivity index (χ1) is 11.6. The molecule has 1 heterocycles. The van der Waals surface area contributed by atoms with E-state index in [-0.39, 0.29) is 19.0 Å². The van der Waals surface area contributed by atoms with Crippen LogP contribution in [0.4, 0.5) is 5.69 Å². The minimum absolute atomic E-state index is 0.0664. The van der Waals surface area contributed by atoms with Crippen LogP contribution in [0.1, 0.15) is 38.5 Å². The first-order valence-electron chi connectivity index (χ1n) is 8.96. The number of carboxylic acid groups (broad SMARTS) is 1. The topological polar surface area (TPSA) is 60.9 Å². The van der Waals surface area contributed by atoms with E-state index in [9.17, 15) is 14.7 Å². The summed E-state index contributed by atoms with van der Waals surface area (Å²) in [4.78, 5) is 27.8. The van der Waals surface area contributed by atoms with Crippen molar-refractivity contribution in [2.24, 2.45) is 5.92 Å². The number of anilines is 1. The zero-order valence-corrected chi connectivity index (χ0v) is 14.1. The average Bonchev–Trinajstić information content (AvgIpc) is 2.61. The second-order valence-electron chi connectivity index (χ2n) is 6.93. The van der Waals surface area contributed by atoms with Crippen LogP contribution >= 0.6 is 0 Å². The van der Waals surface area contributed by atoms with Crippen LogP contribution in [0, 0.1) is 5.92 Å². The SMILES string of the molecule is O=C(O)CN(CC(=O)N1CCCC2CCCCC21)c1ccccc1. The Kier molecular flexibility index (Phi) is 5.38. The Morgan fingerprint density at radius 1 is 1.04 bits per heavy atom. The maximum atomic E-state index is 12.9. The number of carbonyl (C=O) groups excluding carboxylic acids is 1. The van der Waals surface area contributed by atoms with Crippen LogP contribution < -0.4 is 4.90 Å². The normalized spacial score (nSPS) is 23.4. The predicted octanol–water partition coefficient (Wildman–Crippen LogP) is 2.76. The first kappa shape index (κ1) is 16.8. The largest absolute Gasteiger partial charge is 0.480 e. The Morgan fingerprint density at radius 2 is 1.75 bits per heavy atom. The molecule has 0 spiro atoms. The standard InChI is InChI=1S/C19H26N2O3/c22-18(21-12-6-8-15-7-4-5-11-17(15)21)13-20(14-19(23)24)16-9-2-1-3-10-16/h1-3,9-10,15,17H,4-8,11-14H2,(H,23,24). The van der Waals surface area contributed by atoms with Gasteiger partial charge in [-0.3, -0.25) is 9.59 Å². The molecule has 0 radical (unpaired) electrons. The van der Waals surface area contributed by atoms with Crippen molar-refractivity contribution in [3.8, 4) is 0 Å². The van der Waals surface area contributed by atoms with Crippen molar-refractivity contribution in [1.82, 2.24) is 4.90 Å². The monoisotopic (exact) mass is 330 g/mol. The molecule has 1 aliphatic heterocycles. The fourth-order valence-corrected chi connectivity index (χ4v) is 4.23. The highest BCUT2D eigenvalue weighted by molar-refractivity contribution is 5.84. The Morgan fingerprint density at radius 3 is 2.50 bits per heavy atom. The molecular formula is C19H26N2O3. The van der Waals surface area contributed by atoms with Crippen molar-refractivity contribution in [1.29, 1.82) is 0 Å². The van der Waals surface area contributed by atoms with E-state index >= 15 is 0 Å². The van der Waals surface area contributed by atoms with Crippen LogP contribution in [0.3, 0.4) is 0 Å². The van der Waals surface area contributed by atoms with E-state index in [0.29, 0.717) is 12.0 Å². The maximum absolute atomic E-state index is 12.9. The molecule has 5 heteroatoms. The van der Waals surface area contributed by atoms with Crippen molar-refractivity contribution < 1.29 is 14.7 Å². The van der Waals surface area contributed by atoms with Gasteiger partial charge in [0, 0.05) is 18.3 Å². The smallest absolute Gasteiger partial charge is 0.323 e. The number of carbonyl (C=O) groups is 2. The van der Waals surface area contributed by atoms with Gasteiger partial charge in [-0.2, -0.15) is 0 Å². The third kappa shape index (κ3) is 3.89. The van der Waals surface area contributed by atoms with Gasteiger partial charge < -0.3 is 14.9 Å². The van der Waals surface area contributed by atoms with Crippen LogP contribution in [0.2, 0.25) is 0 Å². The van der Waals surface area contributed by atoms with Gasteiger partial charge in [0.15, 0.2) is 0 Å². The number of rotatable bonds is 5. The Labute approximate surface area is 143 Å². The summed E-state index contributed by atoms with van der Waals surface area (Å²) in [6.07, 6.45) is 7.09. The lowest BCUT2D eigenvalue weighted by Crippen LogP contribution is -2.52. The van der Waals surface area contributed by atoms with E-state index in [4.69, 9.17) is 0 Å². The zero-order valence-electron chi connectivity index (χ0n) is 14.1. The summed E-state index contributed by atoms with van der Waals surface area (Å²) in [6, 6.07) is 9.70. The molecule has 1 saturated carbocycles. The number of aliphatic carboxylic acids is 1. The van der Waals surface area contributed by atoms with E-state index in [0.717, 1.165) is 25.1 Å². The van der Waals surface area contributed by atoms with E-state index in [2.05, 4.69) is 0 Å². The molecule has 1 aromatic rings. The number of piperidine rings is 1. The van der Waals surface area contributed by atoms with Crippen molar-refractivity contribution in [2.45, 2.75) is 44.6 Å². The van der Waals surface area contributed by atoms with E-state index in [1.165, 1.54) is 25.7 Å². The second kappa shape index (κ2) is 7.69. The Hall–Kier alpha value is -2.04. The lowest BCUT2D eigenvalue weighted by Gasteiger charge is -2.44. The number of fused-ring (bicyclic) bond motifs is 1. The highest BCUT2D eigenvalue weighted by Gasteiger charge is 2.36. The molecule has 1 N–H and O–H groups in total. The highest BCUT2D eigenvalue weighted by Crippen LogP contribution is 2.35. The third-order valence-electron chi connectivity index (χ3n) is 5.34. The summed E-state index contributed by atoms with van der Waals surface area (Å²) in [6.45, 7) is 0.799. The molecule has 1 saturated heterocycles. The van der Waals surface area contributed by atoms with Crippen LogP contribution in [0.5, 0.6) is 0 Å². The van der Waals surface area contributed by atoms with Gasteiger partial charge in [0.2, 0.25) is 5.91 Å². The highest BCUT2D eigenvalue weighted by atomic mass is 16.4. The minimum Gasteiger partial charge on any atom is -0.480 e. The van der Waals surface area contributed by atoms with Crippen molar-refractivity contribution in [2.75, 3.05) is 24.5 Å². The van der Waals surface area contributed by atoms with Gasteiger partial charge in [-0.25, -0.2) is 0 Å². The summed E-state index contributed by atoms with van der Waals surface area (Å²) < 4.78 is 0. The number of para-hydroxylation sites is 1. The van der Waals surface area contributed by atoms with Gasteiger partial charge >= 0.3 is 5.97 Å². The zero-order chi connectivity index (χ0) is 16.9. The van der Waals surface area contributed by atoms with Gasteiger partial charge in [-0.05, 0) is 43.7 Å². The van der Waals surface area contributed by atoms with Gasteiger partial charge in [-0.15, -0.1) is 0 Å². The van der Waals surface area contributed by atoms with E-state index < -0.39 is 5.97 Å². The van der Waals surface area contributed by atoms with Crippen LogP contribution in [0.25, 0.3) is 0 Å². The Balaban J connectivity index is 1.71. The predicted molar refractivity (Wildman–Crippen MR) is 93.0 cm³/mol. The maximum Gasteiger partial charge on any atom is 0.323 e. The van der Waals surface area contributed by atoms with Crippen molar-refractivity contribution in [3.63, 3.8) is 0 Å². The number of benzene rings is 1. The fraction of sp³-hybridized carbons (Fsp3) is 0.579. The molecule has 130 valence electrons. The summed E-state index contributed by atoms with van der Waals surface area (Å²) >= 11 is 0. The first-order valence-corrected chi connectivity index (χ1v) is 8.96. The summed E-state index contributed by atoms with van der Waals surface area (Å²) in [5, 5.41) is 9.19. The quantitative estimate of drug-likeness (QED) is 0.902. The van der Waals surface area contributed by atoms with E-state index in [1.807, 2.05) is 35.2 Å². The molecule has 1 aromatic carbocycles. The summed E-state index contributed by atoms with van der Waals surface area (Å²) in [7, 11) is 0. The molecule has 3 rings (SSSR count). The minimum atomic E-state index is -0.916. The van der Waals surface area contributed by atoms with Gasteiger partial charge in [-0.1, -0.05) is 31.0 Å². The van der Waals surface area contributed by atoms with E-state index in [1.54, 1.807) is 4.90 Å². The molecule has 1 aliphatic carbocycles. The van der Waals surface area contributed by atoms with Gasteiger partial charge in [0.05, 0.1) is 6.54 Å². The number of hydrogen-bond acceptors (Lipinski definition) is 3. The molecule has 1 amide bonds. The number of amides is 1. The lowest BCUT2D eigenvalue weighted by atomic mass is 9.78. The van der Waals surface area contributed by atoms with Crippen molar-refractivity contribution in [3.05, 3.63) is 30.3 Å². The summed E-state index contributed by atoms with van der Waals surface area (Å²) in [5.74, 6) is -0.210. The van der Waals surface area contributed by atoms with Crippen LogP contribution in [-0.2, 0) is 9.59 Å². The molecule has 5 nitrogen and oxygen atoms in total. The number of likely N-dealkylation sites (tertiary alicyclic amines) is 1. The van der Waals surface area contributed by atoms with Gasteiger partial charge in [0.25, 0.3) is 0 Å². The van der Waals surface area contributed by atoms with Crippen molar-refractivity contribution >= 4 is 17.6 Å². The number of nitrogens with zero attached hydrogens (tertiary/aromatic N) is 2. The fourth-order valence-electron chi connectivity index (χ4n) is 4.23. The molecule has 0 aromatic heterocycles. The lowest BCUT2D eigenvalue weighted by molar-refractivity contribution is -0.136. The molecule has 0 bridgehead atoms. The number of carboxylic acids is 1. The Bertz CT molecular complexity index is 573.